The molecule has 108 valence electrons. The maximum absolute atomic E-state index is 12.3. The van der Waals surface area contributed by atoms with Gasteiger partial charge in [-0.05, 0) is 12.5 Å². The highest BCUT2D eigenvalue weighted by Crippen LogP contribution is 2.24. The van der Waals surface area contributed by atoms with E-state index in [1.54, 1.807) is 17.9 Å². The summed E-state index contributed by atoms with van der Waals surface area (Å²) in [5.74, 6) is -0.00724. The molecule has 1 aromatic rings. The number of hydrogen-bond donors (Lipinski definition) is 0. The molecule has 2 aliphatic rings. The van der Waals surface area contributed by atoms with Crippen LogP contribution in [0, 0.1) is 0 Å². The fraction of sp³-hybridized carbons (Fsp3) is 0.571. The third kappa shape index (κ3) is 2.31. The van der Waals surface area contributed by atoms with Crippen LogP contribution in [0.2, 0.25) is 0 Å². The third-order valence-corrected chi connectivity index (χ3v) is 4.04. The van der Waals surface area contributed by atoms with Crippen LogP contribution in [0.25, 0.3) is 0 Å². The molecule has 2 aliphatic heterocycles. The van der Waals surface area contributed by atoms with E-state index in [-0.39, 0.29) is 24.0 Å². The molecule has 20 heavy (non-hydrogen) atoms. The van der Waals surface area contributed by atoms with E-state index < -0.39 is 0 Å². The number of amides is 2. The van der Waals surface area contributed by atoms with E-state index in [4.69, 9.17) is 9.15 Å². The minimum atomic E-state index is -0.0497. The second kappa shape index (κ2) is 5.28. The monoisotopic (exact) mass is 278 g/mol. The van der Waals surface area contributed by atoms with Crippen LogP contribution in [0.5, 0.6) is 0 Å². The highest BCUT2D eigenvalue weighted by Gasteiger charge is 2.39. The Labute approximate surface area is 117 Å². The maximum Gasteiger partial charge on any atom is 0.257 e. The zero-order chi connectivity index (χ0) is 14.1. The van der Waals surface area contributed by atoms with Gasteiger partial charge in [-0.1, -0.05) is 0 Å². The Bertz CT molecular complexity index is 499. The molecule has 3 heterocycles. The smallest absolute Gasteiger partial charge is 0.257 e. The van der Waals surface area contributed by atoms with E-state index in [0.717, 1.165) is 6.42 Å². The number of carbonyl (C=O) groups is 2. The van der Waals surface area contributed by atoms with Gasteiger partial charge >= 0.3 is 0 Å². The van der Waals surface area contributed by atoms with E-state index in [1.807, 2.05) is 4.90 Å². The normalized spacial score (nSPS) is 26.2. The summed E-state index contributed by atoms with van der Waals surface area (Å²) in [6.07, 6.45) is 3.75. The summed E-state index contributed by atoms with van der Waals surface area (Å²) in [4.78, 5) is 27.6. The van der Waals surface area contributed by atoms with Crippen LogP contribution >= 0.6 is 0 Å². The minimum Gasteiger partial charge on any atom is -0.472 e. The van der Waals surface area contributed by atoms with Crippen molar-refractivity contribution in [1.29, 1.82) is 0 Å². The molecule has 2 atom stereocenters. The Morgan fingerprint density at radius 3 is 2.90 bits per heavy atom. The second-order valence-electron chi connectivity index (χ2n) is 5.24. The summed E-state index contributed by atoms with van der Waals surface area (Å²) < 4.78 is 10.7. The number of fused-ring (bicyclic) bond motifs is 1. The van der Waals surface area contributed by atoms with Crippen molar-refractivity contribution in [2.75, 3.05) is 26.2 Å². The van der Waals surface area contributed by atoms with E-state index in [1.165, 1.54) is 12.5 Å². The molecule has 2 saturated heterocycles. The number of morpholine rings is 1. The molecular weight excluding hydrogens is 260 g/mol. The van der Waals surface area contributed by atoms with Crippen molar-refractivity contribution in [2.45, 2.75) is 25.5 Å². The predicted octanol–water partition coefficient (Wildman–Crippen LogP) is 0.741. The maximum atomic E-state index is 12.3. The topological polar surface area (TPSA) is 63.0 Å². The first-order valence-electron chi connectivity index (χ1n) is 6.87. The van der Waals surface area contributed by atoms with Crippen molar-refractivity contribution in [1.82, 2.24) is 9.80 Å². The Balaban J connectivity index is 1.74. The van der Waals surface area contributed by atoms with Crippen molar-refractivity contribution < 1.29 is 18.7 Å². The molecular formula is C14H18N2O4. The minimum absolute atomic E-state index is 0.0362. The van der Waals surface area contributed by atoms with E-state index >= 15 is 0 Å². The van der Waals surface area contributed by atoms with Crippen LogP contribution < -0.4 is 0 Å². The van der Waals surface area contributed by atoms with Gasteiger partial charge in [-0.25, -0.2) is 0 Å². The molecule has 2 fully saturated rings. The number of likely N-dealkylation sites (tertiary alicyclic amines) is 1. The number of furan rings is 1. The van der Waals surface area contributed by atoms with Gasteiger partial charge in [-0.2, -0.15) is 0 Å². The largest absolute Gasteiger partial charge is 0.472 e. The van der Waals surface area contributed by atoms with Gasteiger partial charge in [0.05, 0.1) is 30.6 Å². The van der Waals surface area contributed by atoms with E-state index in [2.05, 4.69) is 0 Å². The Morgan fingerprint density at radius 1 is 1.35 bits per heavy atom. The molecule has 0 spiro atoms. The molecule has 0 saturated carbocycles. The van der Waals surface area contributed by atoms with E-state index in [9.17, 15) is 9.59 Å². The van der Waals surface area contributed by atoms with Crippen molar-refractivity contribution in [3.05, 3.63) is 24.2 Å². The summed E-state index contributed by atoms with van der Waals surface area (Å²) in [5, 5.41) is 0. The number of ether oxygens (including phenoxy) is 1. The number of nitrogens with zero attached hydrogens (tertiary/aromatic N) is 2. The molecule has 3 rings (SSSR count). The van der Waals surface area contributed by atoms with Crippen LogP contribution in [-0.2, 0) is 9.53 Å². The Kier molecular flexibility index (Phi) is 3.48. The van der Waals surface area contributed by atoms with Gasteiger partial charge in [-0.15, -0.1) is 0 Å². The molecule has 0 aromatic carbocycles. The van der Waals surface area contributed by atoms with E-state index in [0.29, 0.717) is 31.8 Å². The predicted molar refractivity (Wildman–Crippen MR) is 70.1 cm³/mol. The number of piperidine rings is 1. The quantitative estimate of drug-likeness (QED) is 0.760. The summed E-state index contributed by atoms with van der Waals surface area (Å²) in [5.41, 5.74) is 0.551. The molecule has 2 amide bonds. The van der Waals surface area contributed by atoms with Crippen LogP contribution in [0.15, 0.2) is 23.0 Å². The van der Waals surface area contributed by atoms with Crippen molar-refractivity contribution in [2.24, 2.45) is 0 Å². The van der Waals surface area contributed by atoms with Crippen LogP contribution in [0.1, 0.15) is 23.7 Å². The van der Waals surface area contributed by atoms with Crippen LogP contribution in [0.3, 0.4) is 0 Å². The number of rotatable bonds is 1. The molecule has 0 N–H and O–H groups in total. The summed E-state index contributed by atoms with van der Waals surface area (Å²) >= 11 is 0. The Hall–Kier alpha value is -1.82. The van der Waals surface area contributed by atoms with Crippen LogP contribution in [-0.4, -0.2) is 60.0 Å². The average molecular weight is 278 g/mol. The highest BCUT2D eigenvalue weighted by molar-refractivity contribution is 5.94. The van der Waals surface area contributed by atoms with Gasteiger partial charge in [-0.3, -0.25) is 9.59 Å². The lowest BCUT2D eigenvalue weighted by atomic mass is 9.98. The molecule has 0 radical (unpaired) electrons. The lowest BCUT2D eigenvalue weighted by molar-refractivity contribution is -0.149. The van der Waals surface area contributed by atoms with Crippen molar-refractivity contribution >= 4 is 11.8 Å². The molecule has 0 unspecified atom stereocenters. The standard InChI is InChI=1S/C14H18N2O4/c1-10(17)16-5-7-20-13-2-4-15(8-12(13)16)14(18)11-3-6-19-9-11/h3,6,9,12-13H,2,4-5,7-8H2,1H3/t12-,13-/m1/s1. The molecule has 6 nitrogen and oxygen atoms in total. The van der Waals surface area contributed by atoms with Crippen molar-refractivity contribution in [3.8, 4) is 0 Å². The lowest BCUT2D eigenvalue weighted by Gasteiger charge is -2.46. The first-order valence-corrected chi connectivity index (χ1v) is 6.87. The lowest BCUT2D eigenvalue weighted by Crippen LogP contribution is -2.61. The summed E-state index contributed by atoms with van der Waals surface area (Å²) in [7, 11) is 0. The average Bonchev–Trinajstić information content (AvgIpc) is 2.99. The fourth-order valence-electron chi connectivity index (χ4n) is 3.02. The number of carbonyl (C=O) groups excluding carboxylic acids is 2. The van der Waals surface area contributed by atoms with Gasteiger partial charge in [0.25, 0.3) is 5.91 Å². The summed E-state index contributed by atoms with van der Waals surface area (Å²) in [6, 6.07) is 1.62. The fourth-order valence-corrected chi connectivity index (χ4v) is 3.02. The van der Waals surface area contributed by atoms with Gasteiger partial charge < -0.3 is 19.0 Å². The molecule has 6 heteroatoms. The van der Waals surface area contributed by atoms with Gasteiger partial charge in [0, 0.05) is 26.6 Å². The molecule has 0 aliphatic carbocycles. The molecule has 0 bridgehead atoms. The molecule has 1 aromatic heterocycles. The zero-order valence-electron chi connectivity index (χ0n) is 11.4. The van der Waals surface area contributed by atoms with Crippen molar-refractivity contribution in [3.63, 3.8) is 0 Å². The van der Waals surface area contributed by atoms with Gasteiger partial charge in [0.2, 0.25) is 5.91 Å². The van der Waals surface area contributed by atoms with Crippen LogP contribution in [0.4, 0.5) is 0 Å². The van der Waals surface area contributed by atoms with Gasteiger partial charge in [0.1, 0.15) is 6.26 Å². The zero-order valence-corrected chi connectivity index (χ0v) is 11.4. The first-order chi connectivity index (χ1) is 9.66. The SMILES string of the molecule is CC(=O)N1CCO[C@@H]2CCN(C(=O)c3ccoc3)C[C@H]21. The Morgan fingerprint density at radius 2 is 2.20 bits per heavy atom. The third-order valence-electron chi connectivity index (χ3n) is 4.04. The number of hydrogen-bond acceptors (Lipinski definition) is 4. The highest BCUT2D eigenvalue weighted by atomic mass is 16.5. The summed E-state index contributed by atoms with van der Waals surface area (Å²) in [6.45, 7) is 3.92. The first kappa shape index (κ1) is 13.2. The second-order valence-corrected chi connectivity index (χ2v) is 5.24. The van der Waals surface area contributed by atoms with Gasteiger partial charge in [0.15, 0.2) is 0 Å².